The first kappa shape index (κ1) is 15.6. The summed E-state index contributed by atoms with van der Waals surface area (Å²) in [5.74, 6) is 3.96. The number of halogens is 1. The summed E-state index contributed by atoms with van der Waals surface area (Å²) in [7, 11) is 0. The molecule has 0 radical (unpaired) electrons. The van der Waals surface area contributed by atoms with Crippen molar-refractivity contribution in [2.75, 3.05) is 0 Å². The van der Waals surface area contributed by atoms with Gasteiger partial charge in [-0.2, -0.15) is 0 Å². The first-order valence-electron chi connectivity index (χ1n) is 6.67. The highest BCUT2D eigenvalue weighted by molar-refractivity contribution is 5.88. The van der Waals surface area contributed by atoms with Gasteiger partial charge in [0, 0.05) is 5.56 Å². The van der Waals surface area contributed by atoms with E-state index in [4.69, 9.17) is 9.84 Å². The molecule has 0 aliphatic heterocycles. The summed E-state index contributed by atoms with van der Waals surface area (Å²) in [5, 5.41) is 8.94. The first-order valence-corrected chi connectivity index (χ1v) is 6.67. The molecule has 112 valence electrons. The van der Waals surface area contributed by atoms with Crippen LogP contribution in [0.2, 0.25) is 0 Å². The van der Waals surface area contributed by atoms with Gasteiger partial charge in [-0.3, -0.25) is 0 Å². The Labute approximate surface area is 128 Å². The van der Waals surface area contributed by atoms with Crippen LogP contribution in [0.4, 0.5) is 4.39 Å². The number of aromatic carboxylic acids is 1. The molecular formula is C18H15FO3. The van der Waals surface area contributed by atoms with Crippen LogP contribution in [0.3, 0.4) is 0 Å². The molecule has 0 spiro atoms. The third-order valence-corrected chi connectivity index (χ3v) is 2.82. The zero-order valence-corrected chi connectivity index (χ0v) is 12.3. The largest absolute Gasteiger partial charge is 0.478 e. The lowest BCUT2D eigenvalue weighted by molar-refractivity contribution is 0.0695. The highest BCUT2D eigenvalue weighted by Gasteiger charge is 2.20. The Kier molecular flexibility index (Phi) is 4.47. The Morgan fingerprint density at radius 1 is 1.18 bits per heavy atom. The van der Waals surface area contributed by atoms with Gasteiger partial charge in [0.2, 0.25) is 0 Å². The van der Waals surface area contributed by atoms with Gasteiger partial charge in [0.1, 0.15) is 0 Å². The Balaban J connectivity index is 2.24. The first-order chi connectivity index (χ1) is 10.4. The lowest BCUT2D eigenvalue weighted by Gasteiger charge is -2.21. The van der Waals surface area contributed by atoms with Gasteiger partial charge < -0.3 is 9.84 Å². The van der Waals surface area contributed by atoms with Gasteiger partial charge in [0.25, 0.3) is 0 Å². The van der Waals surface area contributed by atoms with Crippen LogP contribution in [0.15, 0.2) is 48.5 Å². The number of ether oxygens (including phenoxy) is 1. The minimum atomic E-state index is -1.14. The molecule has 0 bridgehead atoms. The summed E-state index contributed by atoms with van der Waals surface area (Å²) in [5.41, 5.74) is -0.185. The fourth-order valence-corrected chi connectivity index (χ4v) is 1.76. The van der Waals surface area contributed by atoms with Gasteiger partial charge in [-0.25, -0.2) is 9.18 Å². The summed E-state index contributed by atoms with van der Waals surface area (Å²) < 4.78 is 19.3. The van der Waals surface area contributed by atoms with E-state index in [1.807, 2.05) is 30.3 Å². The minimum absolute atomic E-state index is 0.0387. The summed E-state index contributed by atoms with van der Waals surface area (Å²) in [6.45, 7) is 3.38. The molecule has 0 aliphatic rings. The second-order valence-corrected chi connectivity index (χ2v) is 5.18. The molecule has 0 saturated carbocycles. The van der Waals surface area contributed by atoms with Crippen LogP contribution in [0, 0.1) is 17.7 Å². The molecule has 4 heteroatoms. The van der Waals surface area contributed by atoms with Crippen LogP contribution in [-0.4, -0.2) is 16.7 Å². The Bertz CT molecular complexity index is 740. The molecule has 0 aliphatic carbocycles. The van der Waals surface area contributed by atoms with E-state index in [0.29, 0.717) is 0 Å². The van der Waals surface area contributed by atoms with Gasteiger partial charge in [-0.1, -0.05) is 30.0 Å². The van der Waals surface area contributed by atoms with E-state index in [-0.39, 0.29) is 11.3 Å². The predicted molar refractivity (Wildman–Crippen MR) is 81.4 cm³/mol. The average Bonchev–Trinajstić information content (AvgIpc) is 2.48. The third kappa shape index (κ3) is 4.10. The molecule has 0 saturated heterocycles. The van der Waals surface area contributed by atoms with E-state index in [2.05, 4.69) is 11.8 Å². The average molecular weight is 298 g/mol. The van der Waals surface area contributed by atoms with Crippen molar-refractivity contribution in [2.45, 2.75) is 19.4 Å². The minimum Gasteiger partial charge on any atom is -0.478 e. The zero-order chi connectivity index (χ0) is 16.2. The lowest BCUT2D eigenvalue weighted by atomic mass is 10.1. The topological polar surface area (TPSA) is 46.5 Å². The molecule has 0 amide bonds. The summed E-state index contributed by atoms with van der Waals surface area (Å²) in [6, 6.07) is 12.8. The number of benzene rings is 2. The zero-order valence-electron chi connectivity index (χ0n) is 12.3. The van der Waals surface area contributed by atoms with Crippen LogP contribution in [0.1, 0.15) is 29.8 Å². The van der Waals surface area contributed by atoms with Crippen molar-refractivity contribution in [3.8, 4) is 17.6 Å². The highest BCUT2D eigenvalue weighted by atomic mass is 19.1. The highest BCUT2D eigenvalue weighted by Crippen LogP contribution is 2.23. The van der Waals surface area contributed by atoms with Crippen molar-refractivity contribution < 1.29 is 19.0 Å². The number of carboxylic acid groups (broad SMARTS) is 1. The van der Waals surface area contributed by atoms with Gasteiger partial charge in [-0.05, 0) is 44.2 Å². The maximum atomic E-state index is 13.8. The van der Waals surface area contributed by atoms with E-state index in [1.54, 1.807) is 13.8 Å². The van der Waals surface area contributed by atoms with Crippen LogP contribution < -0.4 is 4.74 Å². The van der Waals surface area contributed by atoms with Gasteiger partial charge >= 0.3 is 5.97 Å². The fourth-order valence-electron chi connectivity index (χ4n) is 1.76. The number of carbonyl (C=O) groups is 1. The Morgan fingerprint density at radius 3 is 2.50 bits per heavy atom. The van der Waals surface area contributed by atoms with Crippen LogP contribution >= 0.6 is 0 Å². The normalized spacial score (nSPS) is 10.5. The van der Waals surface area contributed by atoms with E-state index >= 15 is 0 Å². The SMILES string of the molecule is CC(C)(C#Cc1ccccc1)Oc1cc(C(=O)O)ccc1F. The molecule has 0 heterocycles. The second kappa shape index (κ2) is 6.31. The summed E-state index contributed by atoms with van der Waals surface area (Å²) in [6.07, 6.45) is 0. The molecule has 3 nitrogen and oxygen atoms in total. The second-order valence-electron chi connectivity index (χ2n) is 5.18. The van der Waals surface area contributed by atoms with E-state index < -0.39 is 17.4 Å². The van der Waals surface area contributed by atoms with Crippen molar-refractivity contribution >= 4 is 5.97 Å². The molecular weight excluding hydrogens is 283 g/mol. The van der Waals surface area contributed by atoms with Gasteiger partial charge in [-0.15, -0.1) is 0 Å². The van der Waals surface area contributed by atoms with Crippen molar-refractivity contribution in [3.05, 3.63) is 65.5 Å². The number of rotatable bonds is 3. The standard InChI is InChI=1S/C18H15FO3/c1-18(2,11-10-13-6-4-3-5-7-13)22-16-12-14(17(20)21)8-9-15(16)19/h3-9,12H,1-2H3,(H,20,21). The predicted octanol–water partition coefficient (Wildman–Crippen LogP) is 3.73. The van der Waals surface area contributed by atoms with Crippen LogP contribution in [0.25, 0.3) is 0 Å². The molecule has 2 rings (SSSR count). The lowest BCUT2D eigenvalue weighted by Crippen LogP contribution is -2.26. The quantitative estimate of drug-likeness (QED) is 0.878. The van der Waals surface area contributed by atoms with E-state index in [9.17, 15) is 9.18 Å². The summed E-state index contributed by atoms with van der Waals surface area (Å²) >= 11 is 0. The maximum absolute atomic E-state index is 13.8. The molecule has 0 fully saturated rings. The maximum Gasteiger partial charge on any atom is 0.335 e. The Morgan fingerprint density at radius 2 is 1.86 bits per heavy atom. The molecule has 2 aromatic carbocycles. The number of hydrogen-bond acceptors (Lipinski definition) is 2. The Hall–Kier alpha value is -2.80. The molecule has 0 atom stereocenters. The van der Waals surface area contributed by atoms with Crippen molar-refractivity contribution in [1.82, 2.24) is 0 Å². The van der Waals surface area contributed by atoms with Crippen molar-refractivity contribution in [3.63, 3.8) is 0 Å². The number of carboxylic acids is 1. The van der Waals surface area contributed by atoms with E-state index in [1.165, 1.54) is 6.07 Å². The summed E-state index contributed by atoms with van der Waals surface area (Å²) in [4.78, 5) is 10.9. The molecule has 1 N–H and O–H groups in total. The molecule has 0 unspecified atom stereocenters. The van der Waals surface area contributed by atoms with Gasteiger partial charge in [0.15, 0.2) is 17.2 Å². The molecule has 0 aromatic heterocycles. The fraction of sp³-hybridized carbons (Fsp3) is 0.167. The third-order valence-electron chi connectivity index (χ3n) is 2.82. The van der Waals surface area contributed by atoms with Crippen molar-refractivity contribution in [2.24, 2.45) is 0 Å². The molecule has 22 heavy (non-hydrogen) atoms. The monoisotopic (exact) mass is 298 g/mol. The van der Waals surface area contributed by atoms with E-state index in [0.717, 1.165) is 17.7 Å². The van der Waals surface area contributed by atoms with Crippen molar-refractivity contribution in [1.29, 1.82) is 0 Å². The van der Waals surface area contributed by atoms with Gasteiger partial charge in [0.05, 0.1) is 5.56 Å². The van der Waals surface area contributed by atoms with Crippen LogP contribution in [-0.2, 0) is 0 Å². The smallest absolute Gasteiger partial charge is 0.335 e. The number of hydrogen-bond donors (Lipinski definition) is 1. The van der Waals surface area contributed by atoms with Crippen LogP contribution in [0.5, 0.6) is 5.75 Å². The molecule has 2 aromatic rings.